The van der Waals surface area contributed by atoms with E-state index >= 15 is 0 Å². The van der Waals surface area contributed by atoms with Gasteiger partial charge < -0.3 is 24.8 Å². The molecule has 264 valence electrons. The number of carboxylic acids is 1. The number of aryl methyl sites for hydroxylation is 1. The molecule has 1 aromatic heterocycles. The molecule has 49 heavy (non-hydrogen) atoms. The van der Waals surface area contributed by atoms with E-state index in [9.17, 15) is 27.9 Å². The van der Waals surface area contributed by atoms with Crippen molar-refractivity contribution in [3.8, 4) is 0 Å². The number of anilines is 2. The molecule has 1 amide bonds. The fourth-order valence-corrected chi connectivity index (χ4v) is 10.5. The number of rotatable bonds is 8. The molecule has 2 N–H and O–H groups in total. The average Bonchev–Trinajstić information content (AvgIpc) is 3.38. The largest absolute Gasteiger partial charge is 0.479 e. The Morgan fingerprint density at radius 1 is 0.980 bits per heavy atom. The third-order valence-electron chi connectivity index (χ3n) is 12.9. The van der Waals surface area contributed by atoms with Gasteiger partial charge in [0.1, 0.15) is 5.54 Å². The first-order valence-corrected chi connectivity index (χ1v) is 18.1. The molecule has 9 rings (SSSR count). The highest BCUT2D eigenvalue weighted by atomic mass is 19.4. The number of fused-ring (bicyclic) bond motifs is 2. The third kappa shape index (κ3) is 5.80. The summed E-state index contributed by atoms with van der Waals surface area (Å²) in [5.41, 5.74) is -0.917. The van der Waals surface area contributed by atoms with Crippen LogP contribution in [0.2, 0.25) is 0 Å². The van der Waals surface area contributed by atoms with Crippen LogP contribution in [-0.2, 0) is 32.3 Å². The van der Waals surface area contributed by atoms with E-state index in [0.29, 0.717) is 63.2 Å². The number of halogens is 3. The van der Waals surface area contributed by atoms with Crippen molar-refractivity contribution in [3.63, 3.8) is 0 Å². The van der Waals surface area contributed by atoms with E-state index in [2.05, 4.69) is 27.4 Å². The van der Waals surface area contributed by atoms with Crippen LogP contribution >= 0.6 is 0 Å². The van der Waals surface area contributed by atoms with Gasteiger partial charge in [-0.2, -0.15) is 13.2 Å². The van der Waals surface area contributed by atoms with Gasteiger partial charge in [-0.1, -0.05) is 12.1 Å². The summed E-state index contributed by atoms with van der Waals surface area (Å²) in [6.07, 6.45) is 6.52. The molecular weight excluding hydrogens is 637 g/mol. The van der Waals surface area contributed by atoms with E-state index in [4.69, 9.17) is 9.47 Å². The highest BCUT2D eigenvalue weighted by Gasteiger charge is 2.62. The summed E-state index contributed by atoms with van der Waals surface area (Å²) in [5, 5.41) is 13.1. The highest BCUT2D eigenvalue weighted by molar-refractivity contribution is 5.99. The molecule has 1 aromatic carbocycles. The van der Waals surface area contributed by atoms with Crippen LogP contribution in [0.15, 0.2) is 24.4 Å². The van der Waals surface area contributed by atoms with Gasteiger partial charge >= 0.3 is 12.1 Å². The lowest BCUT2D eigenvalue weighted by Crippen LogP contribution is -2.70. The Kier molecular flexibility index (Phi) is 8.41. The molecule has 0 unspecified atom stereocenters. The summed E-state index contributed by atoms with van der Waals surface area (Å²) in [6, 6.07) is 6.24. The van der Waals surface area contributed by atoms with Crippen molar-refractivity contribution in [2.45, 2.75) is 94.2 Å². The molecule has 1 spiro atoms. The van der Waals surface area contributed by atoms with Gasteiger partial charge in [-0.15, -0.1) is 0 Å². The number of carbonyl (C=O) groups excluding carboxylic acids is 1. The van der Waals surface area contributed by atoms with E-state index < -0.39 is 34.8 Å². The van der Waals surface area contributed by atoms with Crippen molar-refractivity contribution < 1.29 is 37.3 Å². The summed E-state index contributed by atoms with van der Waals surface area (Å²) < 4.78 is 55.4. The minimum Gasteiger partial charge on any atom is -0.479 e. The van der Waals surface area contributed by atoms with Crippen molar-refractivity contribution >= 4 is 23.5 Å². The number of carboxylic acid groups (broad SMARTS) is 1. The summed E-state index contributed by atoms with van der Waals surface area (Å²) >= 11 is 0. The van der Waals surface area contributed by atoms with Gasteiger partial charge in [0.05, 0.1) is 5.56 Å². The van der Waals surface area contributed by atoms with Gasteiger partial charge in [0.25, 0.3) is 5.91 Å². The van der Waals surface area contributed by atoms with E-state index in [-0.39, 0.29) is 23.2 Å². The van der Waals surface area contributed by atoms with E-state index in [1.165, 1.54) is 5.56 Å². The molecule has 3 aliphatic heterocycles. The fraction of sp³-hybridized carbons (Fsp3) is 0.676. The minimum absolute atomic E-state index is 0.122. The average molecular weight is 683 g/mol. The standard InChI is InChI=1S/C37H45F3N4O5/c38-37(39,40)31-28(32(45)43-36(33(46)47)26-15-24-14-25(17-26)18-27(36)16-24)20-41-34(42-31)44-21-35(8-12-49-13-9-35)29-19-23(4-5-30(29)44)3-1-2-22-6-10-48-11-7-22/h4-5,19-20,22,24-27H,1-3,6-18,21H2,(H,43,45)(H,46,47). The normalized spacial score (nSPS) is 30.5. The number of hydrogen-bond acceptors (Lipinski definition) is 7. The maximum Gasteiger partial charge on any atom is 0.434 e. The zero-order valence-electron chi connectivity index (χ0n) is 27.8. The van der Waals surface area contributed by atoms with Crippen molar-refractivity contribution in [2.75, 3.05) is 37.9 Å². The molecule has 4 saturated carbocycles. The molecule has 0 atom stereocenters. The second-order valence-electron chi connectivity index (χ2n) is 15.6. The number of ether oxygens (including phenoxy) is 2. The maximum absolute atomic E-state index is 14.7. The number of aromatic nitrogens is 2. The summed E-state index contributed by atoms with van der Waals surface area (Å²) in [6.45, 7) is 3.19. The first kappa shape index (κ1) is 32.9. The summed E-state index contributed by atoms with van der Waals surface area (Å²) in [5.74, 6) is -1.46. The number of carbonyl (C=O) groups is 2. The zero-order valence-corrected chi connectivity index (χ0v) is 27.8. The fourth-order valence-electron chi connectivity index (χ4n) is 10.5. The lowest BCUT2D eigenvalue weighted by atomic mass is 9.48. The molecule has 7 aliphatic rings. The predicted octanol–water partition coefficient (Wildman–Crippen LogP) is 6.45. The molecule has 2 saturated heterocycles. The minimum atomic E-state index is -4.96. The van der Waals surface area contributed by atoms with Crippen molar-refractivity contribution in [1.29, 1.82) is 0 Å². The SMILES string of the molecule is O=C(NC1(C(=O)O)C2CC3CC(C2)CC1C3)c1cnc(N2CC3(CCOCC3)c3cc(CCCC4CCOCC4)ccc32)nc1C(F)(F)F. The van der Waals surface area contributed by atoms with Crippen LogP contribution in [0.4, 0.5) is 24.8 Å². The Morgan fingerprint density at radius 2 is 1.65 bits per heavy atom. The molecule has 2 aromatic rings. The van der Waals surface area contributed by atoms with Gasteiger partial charge in [-0.05, 0) is 124 Å². The number of hydrogen-bond donors (Lipinski definition) is 2. The zero-order chi connectivity index (χ0) is 34.0. The van der Waals surface area contributed by atoms with Crippen LogP contribution < -0.4 is 10.2 Å². The molecule has 6 fully saturated rings. The molecule has 12 heteroatoms. The van der Waals surface area contributed by atoms with Crippen LogP contribution in [0.25, 0.3) is 0 Å². The predicted molar refractivity (Wildman–Crippen MR) is 174 cm³/mol. The molecule has 4 bridgehead atoms. The van der Waals surface area contributed by atoms with E-state index in [0.717, 1.165) is 82.0 Å². The second kappa shape index (κ2) is 12.5. The Bertz CT molecular complexity index is 1570. The van der Waals surface area contributed by atoms with E-state index in [1.54, 1.807) is 4.90 Å². The maximum atomic E-state index is 14.7. The number of nitrogens with zero attached hydrogens (tertiary/aromatic N) is 3. The summed E-state index contributed by atoms with van der Waals surface area (Å²) in [7, 11) is 0. The van der Waals surface area contributed by atoms with Crippen molar-refractivity contribution in [1.82, 2.24) is 15.3 Å². The monoisotopic (exact) mass is 682 g/mol. The quantitative estimate of drug-likeness (QED) is 0.327. The highest BCUT2D eigenvalue weighted by Crippen LogP contribution is 2.58. The van der Waals surface area contributed by atoms with Crippen LogP contribution in [0.5, 0.6) is 0 Å². The second-order valence-corrected chi connectivity index (χ2v) is 15.6. The summed E-state index contributed by atoms with van der Waals surface area (Å²) in [4.78, 5) is 36.7. The number of amides is 1. The van der Waals surface area contributed by atoms with Gasteiger partial charge in [0, 0.05) is 50.3 Å². The Morgan fingerprint density at radius 3 is 2.31 bits per heavy atom. The van der Waals surface area contributed by atoms with Crippen LogP contribution in [0.1, 0.15) is 97.8 Å². The Labute approximate surface area is 284 Å². The van der Waals surface area contributed by atoms with Gasteiger partial charge in [-0.3, -0.25) is 4.79 Å². The number of nitrogens with one attached hydrogen (secondary N) is 1. The van der Waals surface area contributed by atoms with Gasteiger partial charge in [0.15, 0.2) is 5.69 Å². The smallest absolute Gasteiger partial charge is 0.434 e. The molecule has 4 heterocycles. The van der Waals surface area contributed by atoms with Crippen LogP contribution in [0.3, 0.4) is 0 Å². The number of aliphatic carboxylic acids is 1. The Balaban J connectivity index is 1.08. The van der Waals surface area contributed by atoms with Crippen molar-refractivity contribution in [3.05, 3.63) is 46.8 Å². The lowest BCUT2D eigenvalue weighted by molar-refractivity contribution is -0.163. The van der Waals surface area contributed by atoms with E-state index in [1.807, 2.05) is 6.07 Å². The van der Waals surface area contributed by atoms with Crippen molar-refractivity contribution in [2.24, 2.45) is 29.6 Å². The molecule has 0 radical (unpaired) electrons. The Hall–Kier alpha value is -3.25. The lowest BCUT2D eigenvalue weighted by Gasteiger charge is -2.59. The first-order valence-electron chi connectivity index (χ1n) is 18.1. The topological polar surface area (TPSA) is 114 Å². The first-order chi connectivity index (χ1) is 23.6. The number of benzene rings is 1. The molecule has 9 nitrogen and oxygen atoms in total. The van der Waals surface area contributed by atoms with Crippen LogP contribution in [0, 0.1) is 29.6 Å². The van der Waals surface area contributed by atoms with Gasteiger partial charge in [0.2, 0.25) is 5.95 Å². The number of alkyl halides is 3. The van der Waals surface area contributed by atoms with Gasteiger partial charge in [-0.25, -0.2) is 14.8 Å². The molecular formula is C37H45F3N4O5. The van der Waals surface area contributed by atoms with Crippen LogP contribution in [-0.4, -0.2) is 65.5 Å². The third-order valence-corrected chi connectivity index (χ3v) is 12.9. The molecule has 4 aliphatic carbocycles.